The second-order valence-electron chi connectivity index (χ2n) is 5.74. The number of aromatic nitrogens is 2. The molecule has 6 nitrogen and oxygen atoms in total. The molecule has 2 heterocycles. The number of nitrogens with one attached hydrogen (secondary N) is 1. The number of hydrogen-bond donors (Lipinski definition) is 2. The lowest BCUT2D eigenvalue weighted by atomic mass is 10.0. The third kappa shape index (κ3) is 5.13. The molecule has 0 bridgehead atoms. The summed E-state index contributed by atoms with van der Waals surface area (Å²) in [5.41, 5.74) is 1.09. The van der Waals surface area contributed by atoms with Crippen molar-refractivity contribution in [2.75, 3.05) is 26.2 Å². The van der Waals surface area contributed by atoms with E-state index in [4.69, 9.17) is 0 Å². The topological polar surface area (TPSA) is 70.4 Å². The van der Waals surface area contributed by atoms with Gasteiger partial charge in [-0.25, -0.2) is 0 Å². The fourth-order valence-electron chi connectivity index (χ4n) is 2.85. The van der Waals surface area contributed by atoms with Crippen LogP contribution >= 0.6 is 0 Å². The molecular weight excluding hydrogens is 268 g/mol. The van der Waals surface area contributed by atoms with Crippen molar-refractivity contribution in [2.45, 2.75) is 38.1 Å². The van der Waals surface area contributed by atoms with Gasteiger partial charge in [0.1, 0.15) is 0 Å². The first-order valence-electron chi connectivity index (χ1n) is 7.78. The number of carbonyl (C=O) groups excluding carboxylic acids is 1. The molecule has 0 radical (unpaired) electrons. The number of carbonyl (C=O) groups is 1. The maximum absolute atomic E-state index is 11.8. The smallest absolute Gasteiger partial charge is 0.220 e. The van der Waals surface area contributed by atoms with Gasteiger partial charge in [0.15, 0.2) is 0 Å². The minimum Gasteiger partial charge on any atom is -0.395 e. The molecular formula is C15H26N4O2. The Bertz CT molecular complexity index is 447. The number of hydrogen-bond acceptors (Lipinski definition) is 4. The van der Waals surface area contributed by atoms with Gasteiger partial charge in [0.2, 0.25) is 5.91 Å². The van der Waals surface area contributed by atoms with Gasteiger partial charge in [0.05, 0.1) is 12.8 Å². The van der Waals surface area contributed by atoms with E-state index in [0.717, 1.165) is 31.5 Å². The van der Waals surface area contributed by atoms with Crippen molar-refractivity contribution in [3.05, 3.63) is 18.0 Å². The average molecular weight is 294 g/mol. The molecule has 1 aliphatic heterocycles. The summed E-state index contributed by atoms with van der Waals surface area (Å²) in [6.07, 6.45) is 8.40. The second kappa shape index (κ2) is 8.14. The highest BCUT2D eigenvalue weighted by atomic mass is 16.3. The molecule has 0 unspecified atom stereocenters. The molecule has 2 rings (SSSR count). The summed E-state index contributed by atoms with van der Waals surface area (Å²) >= 11 is 0. The molecule has 1 amide bonds. The minimum atomic E-state index is 0.0800. The Hall–Kier alpha value is -1.40. The van der Waals surface area contributed by atoms with Crippen molar-refractivity contribution in [3.8, 4) is 0 Å². The van der Waals surface area contributed by atoms with Crippen LogP contribution in [-0.2, 0) is 18.3 Å². The van der Waals surface area contributed by atoms with E-state index in [1.165, 1.54) is 12.8 Å². The van der Waals surface area contributed by atoms with Crippen LogP contribution in [0.25, 0.3) is 0 Å². The number of amides is 1. The third-order valence-corrected chi connectivity index (χ3v) is 4.08. The lowest BCUT2D eigenvalue weighted by molar-refractivity contribution is -0.121. The number of aliphatic hydroxyl groups is 1. The summed E-state index contributed by atoms with van der Waals surface area (Å²) in [5, 5.41) is 16.4. The quantitative estimate of drug-likeness (QED) is 0.759. The summed E-state index contributed by atoms with van der Waals surface area (Å²) < 4.78 is 1.75. The van der Waals surface area contributed by atoms with Crippen LogP contribution in [0.1, 0.15) is 31.2 Å². The fraction of sp³-hybridized carbons (Fsp3) is 0.733. The van der Waals surface area contributed by atoms with Crippen molar-refractivity contribution >= 4 is 5.91 Å². The first kappa shape index (κ1) is 16.0. The summed E-state index contributed by atoms with van der Waals surface area (Å²) in [6, 6.07) is 0.269. The number of likely N-dealkylation sites (tertiary alicyclic amines) is 1. The molecule has 0 spiro atoms. The number of piperidine rings is 1. The van der Waals surface area contributed by atoms with E-state index in [1.54, 1.807) is 10.9 Å². The Balaban J connectivity index is 1.62. The highest BCUT2D eigenvalue weighted by molar-refractivity contribution is 5.76. The fourth-order valence-corrected chi connectivity index (χ4v) is 2.85. The van der Waals surface area contributed by atoms with Crippen LogP contribution in [0.15, 0.2) is 12.4 Å². The SMILES string of the molecule is Cn1cc(CCC(=O)NCCN2CCCC[C@H]2CO)cn1. The van der Waals surface area contributed by atoms with E-state index in [-0.39, 0.29) is 18.6 Å². The van der Waals surface area contributed by atoms with E-state index in [2.05, 4.69) is 15.3 Å². The Labute approximate surface area is 126 Å². The van der Waals surface area contributed by atoms with Crippen LogP contribution in [0.3, 0.4) is 0 Å². The predicted molar refractivity (Wildman–Crippen MR) is 80.8 cm³/mol. The molecule has 1 aromatic heterocycles. The van der Waals surface area contributed by atoms with Crippen molar-refractivity contribution in [1.82, 2.24) is 20.0 Å². The first-order chi connectivity index (χ1) is 10.2. The Morgan fingerprint density at radius 3 is 3.10 bits per heavy atom. The van der Waals surface area contributed by atoms with Crippen molar-refractivity contribution in [3.63, 3.8) is 0 Å². The lowest BCUT2D eigenvalue weighted by Gasteiger charge is -2.34. The van der Waals surface area contributed by atoms with Gasteiger partial charge >= 0.3 is 0 Å². The van der Waals surface area contributed by atoms with E-state index in [1.807, 2.05) is 13.2 Å². The Kier molecular flexibility index (Phi) is 6.20. The highest BCUT2D eigenvalue weighted by Gasteiger charge is 2.20. The molecule has 1 saturated heterocycles. The monoisotopic (exact) mass is 294 g/mol. The van der Waals surface area contributed by atoms with Crippen LogP contribution in [0.5, 0.6) is 0 Å². The molecule has 6 heteroatoms. The lowest BCUT2D eigenvalue weighted by Crippen LogP contribution is -2.45. The maximum Gasteiger partial charge on any atom is 0.220 e. The van der Waals surface area contributed by atoms with Crippen molar-refractivity contribution in [1.29, 1.82) is 0 Å². The predicted octanol–water partition coefficient (Wildman–Crippen LogP) is 0.316. The number of aliphatic hydroxyl groups excluding tert-OH is 1. The van der Waals surface area contributed by atoms with Gasteiger partial charge in [-0.2, -0.15) is 5.10 Å². The van der Waals surface area contributed by atoms with Crippen LogP contribution < -0.4 is 5.32 Å². The standard InChI is InChI=1S/C15H26N4O2/c1-18-11-13(10-17-18)5-6-15(21)16-7-9-19-8-3-2-4-14(19)12-20/h10-11,14,20H,2-9,12H2,1H3,(H,16,21)/t14-/m0/s1. The van der Waals surface area contributed by atoms with E-state index in [9.17, 15) is 9.90 Å². The highest BCUT2D eigenvalue weighted by Crippen LogP contribution is 2.15. The summed E-state index contributed by atoms with van der Waals surface area (Å²) in [4.78, 5) is 14.1. The van der Waals surface area contributed by atoms with E-state index < -0.39 is 0 Å². The Morgan fingerprint density at radius 2 is 2.38 bits per heavy atom. The normalized spacial score (nSPS) is 19.6. The van der Waals surface area contributed by atoms with Crippen molar-refractivity contribution in [2.24, 2.45) is 7.05 Å². The van der Waals surface area contributed by atoms with Crippen molar-refractivity contribution < 1.29 is 9.90 Å². The summed E-state index contributed by atoms with van der Waals surface area (Å²) in [6.45, 7) is 2.72. The molecule has 1 atom stereocenters. The molecule has 0 aliphatic carbocycles. The van der Waals surface area contributed by atoms with Crippen LogP contribution in [0, 0.1) is 0 Å². The van der Waals surface area contributed by atoms with Gasteiger partial charge in [-0.05, 0) is 31.4 Å². The number of aryl methyl sites for hydroxylation is 2. The van der Waals surface area contributed by atoms with Crippen LogP contribution in [-0.4, -0.2) is 58.0 Å². The summed E-state index contributed by atoms with van der Waals surface area (Å²) in [5.74, 6) is 0.0800. The average Bonchev–Trinajstić information content (AvgIpc) is 2.91. The van der Waals surface area contributed by atoms with Gasteiger partial charge < -0.3 is 10.4 Å². The number of rotatable bonds is 7. The molecule has 1 aliphatic rings. The van der Waals surface area contributed by atoms with Gasteiger partial charge in [-0.1, -0.05) is 6.42 Å². The number of nitrogens with zero attached hydrogens (tertiary/aromatic N) is 3. The molecule has 1 aromatic rings. The van der Waals surface area contributed by atoms with E-state index in [0.29, 0.717) is 13.0 Å². The minimum absolute atomic E-state index is 0.0800. The Morgan fingerprint density at radius 1 is 1.52 bits per heavy atom. The molecule has 0 aromatic carbocycles. The zero-order valence-electron chi connectivity index (χ0n) is 12.8. The maximum atomic E-state index is 11.8. The van der Waals surface area contributed by atoms with Crippen LogP contribution in [0.4, 0.5) is 0 Å². The third-order valence-electron chi connectivity index (χ3n) is 4.08. The summed E-state index contributed by atoms with van der Waals surface area (Å²) in [7, 11) is 1.87. The molecule has 0 saturated carbocycles. The molecule has 118 valence electrons. The second-order valence-corrected chi connectivity index (χ2v) is 5.74. The molecule has 1 fully saturated rings. The first-order valence-corrected chi connectivity index (χ1v) is 7.78. The molecule has 2 N–H and O–H groups in total. The van der Waals surface area contributed by atoms with Gasteiger partial charge in [0.25, 0.3) is 0 Å². The zero-order chi connectivity index (χ0) is 15.1. The van der Waals surface area contributed by atoms with Gasteiger partial charge in [-0.3, -0.25) is 14.4 Å². The molecule has 21 heavy (non-hydrogen) atoms. The van der Waals surface area contributed by atoms with Crippen LogP contribution in [0.2, 0.25) is 0 Å². The zero-order valence-corrected chi connectivity index (χ0v) is 12.8. The van der Waals surface area contributed by atoms with E-state index >= 15 is 0 Å². The van der Waals surface area contributed by atoms with Gasteiger partial charge in [-0.15, -0.1) is 0 Å². The largest absolute Gasteiger partial charge is 0.395 e. The van der Waals surface area contributed by atoms with Gasteiger partial charge in [0, 0.05) is 38.8 Å².